The van der Waals surface area contributed by atoms with Crippen LogP contribution >= 0.6 is 0 Å². The van der Waals surface area contributed by atoms with Crippen molar-refractivity contribution in [1.82, 2.24) is 0 Å². The highest BCUT2D eigenvalue weighted by atomic mass is 16.2. The number of unbranched alkanes of at least 4 members (excludes halogenated alkanes) is 1. The first-order valence-electron chi connectivity index (χ1n) is 7.48. The molecule has 2 aliphatic carbocycles. The Hall–Kier alpha value is -1.70. The summed E-state index contributed by atoms with van der Waals surface area (Å²) in [4.78, 5) is 25.6. The lowest BCUT2D eigenvalue weighted by Crippen LogP contribution is -2.33. The van der Waals surface area contributed by atoms with E-state index in [-0.39, 0.29) is 11.6 Å². The molecule has 104 valence electrons. The lowest BCUT2D eigenvalue weighted by molar-refractivity contribution is 0.0734. The second-order valence-corrected chi connectivity index (χ2v) is 6.07. The molecule has 3 rings (SSSR count). The molecule has 0 radical (unpaired) electrons. The molecule has 1 unspecified atom stereocenters. The Morgan fingerprint density at radius 1 is 1.15 bits per heavy atom. The number of Topliss-reactive ketones (excluding diaryl/α,β-unsaturated/α-hetero) is 2. The van der Waals surface area contributed by atoms with Gasteiger partial charge in [0.05, 0.1) is 0 Å². The van der Waals surface area contributed by atoms with Gasteiger partial charge in [0, 0.05) is 11.1 Å². The maximum Gasteiger partial charge on any atom is 0.181 e. The summed E-state index contributed by atoms with van der Waals surface area (Å²) in [5.74, 6) is 0.411. The minimum Gasteiger partial charge on any atom is -0.293 e. The number of rotatable bonds is 3. The molecule has 1 spiro atoms. The third-order valence-corrected chi connectivity index (χ3v) is 4.85. The Kier molecular flexibility index (Phi) is 3.12. The molecule has 0 amide bonds. The molecule has 2 heteroatoms. The van der Waals surface area contributed by atoms with Gasteiger partial charge in [-0.2, -0.15) is 0 Å². The molecular weight excluding hydrogens is 248 g/mol. The first-order valence-corrected chi connectivity index (χ1v) is 7.48. The molecule has 0 aliphatic heterocycles. The quantitative estimate of drug-likeness (QED) is 0.608. The largest absolute Gasteiger partial charge is 0.293 e. The van der Waals surface area contributed by atoms with Crippen LogP contribution < -0.4 is 0 Å². The van der Waals surface area contributed by atoms with E-state index >= 15 is 0 Å². The number of fused-ring (bicyclic) bond motifs is 1. The number of hydrogen-bond donors (Lipinski definition) is 0. The number of hydrogen-bond acceptors (Lipinski definition) is 2. The Balaban J connectivity index is 1.98. The molecular formula is C18H20O2. The van der Waals surface area contributed by atoms with Crippen molar-refractivity contribution in [2.75, 3.05) is 0 Å². The maximum absolute atomic E-state index is 12.8. The number of benzene rings is 1. The minimum absolute atomic E-state index is 0.0193. The zero-order chi connectivity index (χ0) is 14.3. The number of ketones is 2. The summed E-state index contributed by atoms with van der Waals surface area (Å²) in [5, 5.41) is 0. The molecule has 0 N–H and O–H groups in total. The predicted molar refractivity (Wildman–Crippen MR) is 78.9 cm³/mol. The van der Waals surface area contributed by atoms with Crippen LogP contribution in [0.5, 0.6) is 0 Å². The number of carbonyl (C=O) groups excluding carboxylic acids is 2. The van der Waals surface area contributed by atoms with Crippen LogP contribution in [-0.2, 0) is 0 Å². The molecule has 0 bridgehead atoms. The molecule has 0 saturated heterocycles. The highest BCUT2D eigenvalue weighted by Crippen LogP contribution is 2.51. The monoisotopic (exact) mass is 268 g/mol. The van der Waals surface area contributed by atoms with Crippen molar-refractivity contribution < 1.29 is 9.59 Å². The lowest BCUT2D eigenvalue weighted by Gasteiger charge is -2.23. The summed E-state index contributed by atoms with van der Waals surface area (Å²) >= 11 is 0. The molecule has 1 aromatic carbocycles. The Morgan fingerprint density at radius 3 is 2.30 bits per heavy atom. The van der Waals surface area contributed by atoms with E-state index in [9.17, 15) is 9.59 Å². The van der Waals surface area contributed by atoms with Crippen LogP contribution in [0.25, 0.3) is 0 Å². The van der Waals surface area contributed by atoms with Crippen molar-refractivity contribution >= 4 is 11.6 Å². The van der Waals surface area contributed by atoms with E-state index in [1.54, 1.807) is 12.1 Å². The Bertz CT molecular complexity index is 575. The summed E-state index contributed by atoms with van der Waals surface area (Å²) in [6.07, 6.45) is 6.22. The highest BCUT2D eigenvalue weighted by molar-refractivity contribution is 6.31. The fourth-order valence-electron chi connectivity index (χ4n) is 3.75. The van der Waals surface area contributed by atoms with Gasteiger partial charge >= 0.3 is 0 Å². The molecule has 0 aromatic heterocycles. The minimum atomic E-state index is -0.873. The van der Waals surface area contributed by atoms with Crippen molar-refractivity contribution in [3.05, 3.63) is 47.0 Å². The van der Waals surface area contributed by atoms with Crippen LogP contribution in [0, 0.1) is 11.3 Å². The molecule has 1 aromatic rings. The average molecular weight is 268 g/mol. The summed E-state index contributed by atoms with van der Waals surface area (Å²) in [6, 6.07) is 7.26. The van der Waals surface area contributed by atoms with Gasteiger partial charge in [-0.3, -0.25) is 9.59 Å². The van der Waals surface area contributed by atoms with Crippen LogP contribution in [0.15, 0.2) is 35.9 Å². The van der Waals surface area contributed by atoms with Crippen LogP contribution in [0.3, 0.4) is 0 Å². The Morgan fingerprint density at radius 2 is 1.75 bits per heavy atom. The SMILES string of the molecule is CCCCC1C=C(C)C2(C1)C(=O)c1ccccc1C2=O. The second-order valence-electron chi connectivity index (χ2n) is 6.07. The van der Waals surface area contributed by atoms with E-state index in [0.717, 1.165) is 24.8 Å². The van der Waals surface area contributed by atoms with E-state index in [1.807, 2.05) is 19.1 Å². The normalized spacial score (nSPS) is 23.3. The first kappa shape index (κ1) is 13.3. The molecule has 20 heavy (non-hydrogen) atoms. The predicted octanol–water partition coefficient (Wildman–Crippen LogP) is 4.21. The van der Waals surface area contributed by atoms with Crippen LogP contribution in [0.4, 0.5) is 0 Å². The highest BCUT2D eigenvalue weighted by Gasteiger charge is 2.56. The van der Waals surface area contributed by atoms with E-state index in [0.29, 0.717) is 23.5 Å². The summed E-state index contributed by atoms with van der Waals surface area (Å²) in [6.45, 7) is 4.12. The first-order chi connectivity index (χ1) is 9.61. The van der Waals surface area contributed by atoms with Gasteiger partial charge in [0.1, 0.15) is 5.41 Å². The van der Waals surface area contributed by atoms with Crippen molar-refractivity contribution in [2.45, 2.75) is 39.5 Å². The fraction of sp³-hybridized carbons (Fsp3) is 0.444. The second kappa shape index (κ2) is 4.69. The maximum atomic E-state index is 12.8. The fourth-order valence-corrected chi connectivity index (χ4v) is 3.75. The topological polar surface area (TPSA) is 34.1 Å². The van der Waals surface area contributed by atoms with Gasteiger partial charge in [-0.25, -0.2) is 0 Å². The third kappa shape index (κ3) is 1.64. The summed E-state index contributed by atoms with van der Waals surface area (Å²) in [7, 11) is 0. The van der Waals surface area contributed by atoms with E-state index < -0.39 is 5.41 Å². The van der Waals surface area contributed by atoms with Crippen molar-refractivity contribution in [3.8, 4) is 0 Å². The van der Waals surface area contributed by atoms with Crippen LogP contribution in [0.1, 0.15) is 60.2 Å². The van der Waals surface area contributed by atoms with Gasteiger partial charge < -0.3 is 0 Å². The van der Waals surface area contributed by atoms with E-state index in [1.165, 1.54) is 0 Å². The van der Waals surface area contributed by atoms with Crippen molar-refractivity contribution in [2.24, 2.45) is 11.3 Å². The summed E-state index contributed by atoms with van der Waals surface area (Å²) < 4.78 is 0. The number of allylic oxidation sites excluding steroid dienone is 2. The molecule has 2 nitrogen and oxygen atoms in total. The van der Waals surface area contributed by atoms with E-state index in [4.69, 9.17) is 0 Å². The van der Waals surface area contributed by atoms with Gasteiger partial charge in [0.25, 0.3) is 0 Å². The average Bonchev–Trinajstić information content (AvgIpc) is 2.90. The van der Waals surface area contributed by atoms with Gasteiger partial charge in [0.2, 0.25) is 0 Å². The molecule has 0 heterocycles. The summed E-state index contributed by atoms with van der Waals surface area (Å²) in [5.41, 5.74) is 1.31. The van der Waals surface area contributed by atoms with Gasteiger partial charge in [-0.15, -0.1) is 0 Å². The van der Waals surface area contributed by atoms with Gasteiger partial charge in [0.15, 0.2) is 11.6 Å². The number of carbonyl (C=O) groups is 2. The van der Waals surface area contributed by atoms with Gasteiger partial charge in [-0.05, 0) is 25.7 Å². The smallest absolute Gasteiger partial charge is 0.181 e. The molecule has 1 atom stereocenters. The van der Waals surface area contributed by atoms with Crippen LogP contribution in [0.2, 0.25) is 0 Å². The van der Waals surface area contributed by atoms with Gasteiger partial charge in [-0.1, -0.05) is 55.7 Å². The lowest BCUT2D eigenvalue weighted by atomic mass is 9.75. The zero-order valence-electron chi connectivity index (χ0n) is 12.1. The molecule has 0 saturated carbocycles. The molecule has 2 aliphatic rings. The third-order valence-electron chi connectivity index (χ3n) is 4.85. The molecule has 0 fully saturated rings. The zero-order valence-corrected chi connectivity index (χ0v) is 12.1. The van der Waals surface area contributed by atoms with Crippen LogP contribution in [-0.4, -0.2) is 11.6 Å². The van der Waals surface area contributed by atoms with Crippen molar-refractivity contribution in [1.29, 1.82) is 0 Å². The standard InChI is InChI=1S/C18H20O2/c1-3-4-7-13-10-12(2)18(11-13)16(19)14-8-5-6-9-15(14)17(18)20/h5-6,8-10,13H,3-4,7,11H2,1-2H3. The van der Waals surface area contributed by atoms with Crippen molar-refractivity contribution in [3.63, 3.8) is 0 Å². The van der Waals surface area contributed by atoms with E-state index in [2.05, 4.69) is 13.0 Å². The Labute approximate surface area is 119 Å².